The van der Waals surface area contributed by atoms with E-state index < -0.39 is 5.41 Å². The number of para-hydroxylation sites is 1. The molecule has 2 aromatic heterocycles. The van der Waals surface area contributed by atoms with Crippen LogP contribution in [0, 0.1) is 6.92 Å². The molecule has 1 unspecified atom stereocenters. The van der Waals surface area contributed by atoms with E-state index in [-0.39, 0.29) is 11.8 Å². The number of rotatable bonds is 2. The van der Waals surface area contributed by atoms with E-state index in [0.717, 1.165) is 38.5 Å². The number of benzene rings is 3. The number of carbonyl (C=O) groups excluding carboxylic acids is 2. The molecule has 5 heteroatoms. The lowest BCUT2D eigenvalue weighted by Crippen LogP contribution is -2.53. The van der Waals surface area contributed by atoms with Crippen LogP contribution in [0.25, 0.3) is 21.8 Å². The second-order valence-electron chi connectivity index (χ2n) is 8.08. The molecule has 1 aliphatic heterocycles. The zero-order valence-electron chi connectivity index (χ0n) is 16.8. The van der Waals surface area contributed by atoms with Crippen molar-refractivity contribution in [2.45, 2.75) is 12.3 Å². The van der Waals surface area contributed by atoms with E-state index in [9.17, 15) is 9.59 Å². The van der Waals surface area contributed by atoms with Gasteiger partial charge in [0.15, 0.2) is 0 Å². The molecule has 0 spiro atoms. The van der Waals surface area contributed by atoms with Gasteiger partial charge in [-0.25, -0.2) is 0 Å². The number of amides is 2. The SMILES string of the molecule is Cc1ccc2[nH]cc(C3(c4c[nH]c5ccccc45)C(=O)NC(=O)c4ccccc43)c2c1. The smallest absolute Gasteiger partial charge is 0.258 e. The monoisotopic (exact) mass is 405 g/mol. The Kier molecular flexibility index (Phi) is 3.54. The van der Waals surface area contributed by atoms with Crippen molar-refractivity contribution in [2.75, 3.05) is 0 Å². The van der Waals surface area contributed by atoms with Crippen molar-refractivity contribution in [3.05, 3.63) is 107 Å². The van der Waals surface area contributed by atoms with Gasteiger partial charge in [-0.15, -0.1) is 0 Å². The summed E-state index contributed by atoms with van der Waals surface area (Å²) in [5.74, 6) is -0.713. The molecule has 0 aliphatic carbocycles. The van der Waals surface area contributed by atoms with E-state index in [2.05, 4.69) is 21.4 Å². The Bertz CT molecular complexity index is 1520. The van der Waals surface area contributed by atoms with Crippen LogP contribution in [0.1, 0.15) is 32.6 Å². The lowest BCUT2D eigenvalue weighted by atomic mass is 9.65. The maximum absolute atomic E-state index is 13.9. The number of aromatic amines is 2. The highest BCUT2D eigenvalue weighted by Gasteiger charge is 2.51. The van der Waals surface area contributed by atoms with Gasteiger partial charge >= 0.3 is 0 Å². The van der Waals surface area contributed by atoms with Gasteiger partial charge in [-0.05, 0) is 36.8 Å². The number of nitrogens with one attached hydrogen (secondary N) is 3. The van der Waals surface area contributed by atoms with Crippen LogP contribution in [0.15, 0.2) is 79.1 Å². The zero-order valence-corrected chi connectivity index (χ0v) is 16.8. The number of H-pyrrole nitrogens is 2. The molecule has 0 radical (unpaired) electrons. The molecule has 5 aromatic rings. The summed E-state index contributed by atoms with van der Waals surface area (Å²) in [7, 11) is 0. The molecule has 0 fully saturated rings. The quantitative estimate of drug-likeness (QED) is 0.377. The van der Waals surface area contributed by atoms with Crippen LogP contribution in [-0.2, 0) is 10.2 Å². The number of hydrogen-bond donors (Lipinski definition) is 3. The Hall–Kier alpha value is -4.12. The minimum absolute atomic E-state index is 0.344. The molecule has 0 saturated heterocycles. The Labute approximate surface area is 178 Å². The number of hydrogen-bond acceptors (Lipinski definition) is 2. The highest BCUT2D eigenvalue weighted by Crippen LogP contribution is 2.47. The van der Waals surface area contributed by atoms with Gasteiger partial charge in [0, 0.05) is 50.9 Å². The summed E-state index contributed by atoms with van der Waals surface area (Å²) < 4.78 is 0. The molecule has 0 saturated carbocycles. The van der Waals surface area contributed by atoms with Crippen LogP contribution in [0.4, 0.5) is 0 Å². The third-order valence-electron chi connectivity index (χ3n) is 6.38. The fourth-order valence-electron chi connectivity index (χ4n) is 5.00. The van der Waals surface area contributed by atoms with E-state index in [1.807, 2.05) is 73.9 Å². The molecule has 6 rings (SSSR count). The Morgan fingerprint density at radius 1 is 0.710 bits per heavy atom. The minimum atomic E-state index is -1.18. The first-order valence-electron chi connectivity index (χ1n) is 10.2. The molecule has 3 N–H and O–H groups in total. The van der Waals surface area contributed by atoms with Crippen LogP contribution in [0.2, 0.25) is 0 Å². The van der Waals surface area contributed by atoms with Gasteiger partial charge < -0.3 is 9.97 Å². The van der Waals surface area contributed by atoms with Crippen molar-refractivity contribution in [3.63, 3.8) is 0 Å². The third kappa shape index (κ3) is 2.26. The average Bonchev–Trinajstić information content (AvgIpc) is 3.40. The van der Waals surface area contributed by atoms with Crippen molar-refractivity contribution in [1.82, 2.24) is 15.3 Å². The summed E-state index contributed by atoms with van der Waals surface area (Å²) in [6, 6.07) is 21.5. The number of fused-ring (bicyclic) bond motifs is 3. The summed E-state index contributed by atoms with van der Waals surface area (Å²) >= 11 is 0. The molecule has 2 amide bonds. The fourth-order valence-corrected chi connectivity index (χ4v) is 5.00. The van der Waals surface area contributed by atoms with Gasteiger partial charge in [0.25, 0.3) is 5.91 Å². The largest absolute Gasteiger partial charge is 0.361 e. The summed E-state index contributed by atoms with van der Waals surface area (Å²) in [5, 5.41) is 4.55. The predicted octanol–water partition coefficient (Wildman–Crippen LogP) is 4.56. The van der Waals surface area contributed by atoms with Crippen LogP contribution >= 0.6 is 0 Å². The first-order chi connectivity index (χ1) is 15.1. The Morgan fingerprint density at radius 3 is 2.23 bits per heavy atom. The van der Waals surface area contributed by atoms with Gasteiger partial charge in [0.2, 0.25) is 5.91 Å². The van der Waals surface area contributed by atoms with Crippen molar-refractivity contribution < 1.29 is 9.59 Å². The molecule has 31 heavy (non-hydrogen) atoms. The molecule has 3 heterocycles. The molecular formula is C26H19N3O2. The topological polar surface area (TPSA) is 77.8 Å². The van der Waals surface area contributed by atoms with Crippen molar-refractivity contribution in [2.24, 2.45) is 0 Å². The minimum Gasteiger partial charge on any atom is -0.361 e. The van der Waals surface area contributed by atoms with Gasteiger partial charge in [0.1, 0.15) is 5.41 Å². The zero-order chi connectivity index (χ0) is 21.2. The highest BCUT2D eigenvalue weighted by atomic mass is 16.2. The molecular weight excluding hydrogens is 386 g/mol. The first-order valence-corrected chi connectivity index (χ1v) is 10.2. The second kappa shape index (κ2) is 6.19. The van der Waals surface area contributed by atoms with Crippen LogP contribution in [0.3, 0.4) is 0 Å². The molecule has 150 valence electrons. The van der Waals surface area contributed by atoms with Gasteiger partial charge in [-0.3, -0.25) is 14.9 Å². The Morgan fingerprint density at radius 2 is 1.39 bits per heavy atom. The van der Waals surface area contributed by atoms with Crippen molar-refractivity contribution in [3.8, 4) is 0 Å². The molecule has 0 bridgehead atoms. The summed E-state index contributed by atoms with van der Waals surface area (Å²) in [6.45, 7) is 2.03. The van der Waals surface area contributed by atoms with E-state index >= 15 is 0 Å². The van der Waals surface area contributed by atoms with E-state index in [0.29, 0.717) is 11.1 Å². The van der Waals surface area contributed by atoms with Gasteiger partial charge in [-0.1, -0.05) is 48.0 Å². The highest BCUT2D eigenvalue weighted by molar-refractivity contribution is 6.18. The number of aromatic nitrogens is 2. The summed E-state index contributed by atoms with van der Waals surface area (Å²) in [5.41, 5.74) is 4.65. The maximum atomic E-state index is 13.9. The molecule has 5 nitrogen and oxygen atoms in total. The van der Waals surface area contributed by atoms with Crippen LogP contribution in [0.5, 0.6) is 0 Å². The summed E-state index contributed by atoms with van der Waals surface area (Å²) in [6.07, 6.45) is 3.80. The van der Waals surface area contributed by atoms with E-state index in [1.54, 1.807) is 6.07 Å². The number of aryl methyl sites for hydroxylation is 1. The molecule has 1 atom stereocenters. The number of carbonyl (C=O) groups is 2. The van der Waals surface area contributed by atoms with Crippen LogP contribution in [-0.4, -0.2) is 21.8 Å². The van der Waals surface area contributed by atoms with Gasteiger partial charge in [-0.2, -0.15) is 0 Å². The normalized spacial score (nSPS) is 18.4. The summed E-state index contributed by atoms with van der Waals surface area (Å²) in [4.78, 5) is 33.3. The van der Waals surface area contributed by atoms with Crippen molar-refractivity contribution >= 4 is 33.6 Å². The lowest BCUT2D eigenvalue weighted by Gasteiger charge is -2.37. The number of imide groups is 1. The second-order valence-corrected chi connectivity index (χ2v) is 8.08. The van der Waals surface area contributed by atoms with Crippen molar-refractivity contribution in [1.29, 1.82) is 0 Å². The standard InChI is InChI=1S/C26H19N3O2/c1-15-10-11-23-18(12-15)21(14-28-23)26(20-13-27-22-9-5-3-6-16(20)22)19-8-4-2-7-17(19)24(30)29-25(26)31/h2-14,27-28H,1H3,(H,29,30,31). The first kappa shape index (κ1) is 17.7. The van der Waals surface area contributed by atoms with Gasteiger partial charge in [0.05, 0.1) is 0 Å². The van der Waals surface area contributed by atoms with Crippen LogP contribution < -0.4 is 5.32 Å². The maximum Gasteiger partial charge on any atom is 0.258 e. The predicted molar refractivity (Wildman–Crippen MR) is 120 cm³/mol. The Balaban J connectivity index is 1.83. The van der Waals surface area contributed by atoms with E-state index in [1.165, 1.54) is 0 Å². The third-order valence-corrected chi connectivity index (χ3v) is 6.38. The lowest BCUT2D eigenvalue weighted by molar-refractivity contribution is -0.123. The van der Waals surface area contributed by atoms with E-state index in [4.69, 9.17) is 0 Å². The average molecular weight is 405 g/mol. The fraction of sp³-hybridized carbons (Fsp3) is 0.0769. The molecule has 1 aliphatic rings. The molecule has 3 aromatic carbocycles.